The Balaban J connectivity index is 1.53. The number of benzene rings is 2. The number of fused-ring (bicyclic) bond motifs is 1. The zero-order chi connectivity index (χ0) is 19.7. The van der Waals surface area contributed by atoms with Gasteiger partial charge in [-0.1, -0.05) is 24.6 Å². The van der Waals surface area contributed by atoms with Crippen molar-refractivity contribution in [3.63, 3.8) is 0 Å². The highest BCUT2D eigenvalue weighted by Crippen LogP contribution is 2.26. The van der Waals surface area contributed by atoms with Crippen molar-refractivity contribution in [3.8, 4) is 5.75 Å². The summed E-state index contributed by atoms with van der Waals surface area (Å²) < 4.78 is 5.31. The molecule has 0 aliphatic carbocycles. The number of halogens is 1. The number of piperazine rings is 1. The molecule has 2 heterocycles. The molecule has 0 unspecified atom stereocenters. The first-order valence-electron chi connectivity index (χ1n) is 9.66. The summed E-state index contributed by atoms with van der Waals surface area (Å²) in [6.07, 6.45) is 0.728. The fraction of sp³-hybridized carbons (Fsp3) is 0.318. The summed E-state index contributed by atoms with van der Waals surface area (Å²) in [5.41, 5.74) is 3.08. The van der Waals surface area contributed by atoms with Crippen LogP contribution in [0.1, 0.15) is 18.1 Å². The second-order valence-corrected chi connectivity index (χ2v) is 7.75. The van der Waals surface area contributed by atoms with Crippen LogP contribution in [0, 0.1) is 0 Å². The molecule has 1 aliphatic rings. The third-order valence-electron chi connectivity index (χ3n) is 5.49. The van der Waals surface area contributed by atoms with E-state index in [0.717, 1.165) is 66.4 Å². The molecule has 0 spiro atoms. The van der Waals surface area contributed by atoms with Crippen molar-refractivity contribution in [2.24, 2.45) is 0 Å². The summed E-state index contributed by atoms with van der Waals surface area (Å²) in [5, 5.41) is 11.8. The summed E-state index contributed by atoms with van der Waals surface area (Å²) in [5.74, 6) is 0.179. The number of aryl methyl sites for hydroxylation is 1. The van der Waals surface area contributed by atoms with Crippen LogP contribution in [-0.4, -0.2) is 31.3 Å². The Morgan fingerprint density at radius 1 is 1.14 bits per heavy atom. The van der Waals surface area contributed by atoms with Crippen LogP contribution in [-0.2, 0) is 13.0 Å². The van der Waals surface area contributed by atoms with Gasteiger partial charge in [-0.3, -0.25) is 0 Å². The van der Waals surface area contributed by atoms with E-state index in [0.29, 0.717) is 5.58 Å². The Kier molecular flexibility index (Phi) is 5.29. The molecule has 4 rings (SSSR count). The van der Waals surface area contributed by atoms with E-state index >= 15 is 0 Å². The number of hydrogen-bond acceptors (Lipinski definition) is 4. The summed E-state index contributed by atoms with van der Waals surface area (Å²) in [6.45, 7) is 6.60. The van der Waals surface area contributed by atoms with Crippen LogP contribution in [0.4, 0.5) is 5.69 Å². The lowest BCUT2D eigenvalue weighted by Gasteiger charge is -2.33. The highest BCUT2D eigenvalue weighted by molar-refractivity contribution is 6.30. The number of hydrogen-bond donors (Lipinski definition) is 2. The average Bonchev–Trinajstić information content (AvgIpc) is 2.68. The largest absolute Gasteiger partial charge is 0.508 e. The van der Waals surface area contributed by atoms with Crippen molar-refractivity contribution in [2.75, 3.05) is 31.1 Å². The molecule has 2 N–H and O–H groups in total. The van der Waals surface area contributed by atoms with E-state index in [1.165, 1.54) is 4.90 Å². The predicted octanol–water partition coefficient (Wildman–Crippen LogP) is 2.62. The lowest BCUT2D eigenvalue weighted by atomic mass is 10.0. The number of phenols is 1. The number of aromatic hydroxyl groups is 1. The third kappa shape index (κ3) is 3.86. The highest BCUT2D eigenvalue weighted by Gasteiger charge is 2.22. The molecule has 5 nitrogen and oxygen atoms in total. The molecule has 1 aromatic heterocycles. The molecular weight excluding hydrogens is 376 g/mol. The first-order valence-corrected chi connectivity index (χ1v) is 10.0. The predicted molar refractivity (Wildman–Crippen MR) is 112 cm³/mol. The molecule has 3 aromatic rings. The van der Waals surface area contributed by atoms with E-state index < -0.39 is 0 Å². The van der Waals surface area contributed by atoms with Gasteiger partial charge in [0.2, 0.25) is 0 Å². The quantitative estimate of drug-likeness (QED) is 0.662. The van der Waals surface area contributed by atoms with Gasteiger partial charge in [-0.25, -0.2) is 4.79 Å². The third-order valence-corrected chi connectivity index (χ3v) is 5.73. The molecule has 0 bridgehead atoms. The first-order chi connectivity index (χ1) is 13.5. The van der Waals surface area contributed by atoms with Crippen molar-refractivity contribution >= 4 is 28.3 Å². The van der Waals surface area contributed by atoms with Crippen molar-refractivity contribution in [1.29, 1.82) is 0 Å². The maximum absolute atomic E-state index is 12.0. The lowest BCUT2D eigenvalue weighted by Crippen LogP contribution is -3.13. The molecule has 0 atom stereocenters. The summed E-state index contributed by atoms with van der Waals surface area (Å²) in [4.78, 5) is 15.8. The Morgan fingerprint density at radius 2 is 1.93 bits per heavy atom. The standard InChI is InChI=1S/C22H23ClN2O3/c1-2-15-10-19-16(11-22(27)28-21(19)13-20(15)26)14-24-6-8-25(9-7-24)18-5-3-4-17(23)12-18/h3-5,10-13,26H,2,6-9,14H2,1H3/p+1. The molecule has 6 heteroatoms. The van der Waals surface area contributed by atoms with Gasteiger partial charge in [0, 0.05) is 33.8 Å². The average molecular weight is 400 g/mol. The normalized spacial score (nSPS) is 15.3. The van der Waals surface area contributed by atoms with Crippen LogP contribution in [0.3, 0.4) is 0 Å². The Hall–Kier alpha value is -2.50. The SMILES string of the molecule is CCc1cc2c(C[NH+]3CCN(c4cccc(Cl)c4)CC3)cc(=O)oc2cc1O. The van der Waals surface area contributed by atoms with Gasteiger partial charge in [0.25, 0.3) is 0 Å². The minimum Gasteiger partial charge on any atom is -0.508 e. The van der Waals surface area contributed by atoms with E-state index in [1.54, 1.807) is 12.1 Å². The molecule has 1 saturated heterocycles. The molecule has 0 amide bonds. The van der Waals surface area contributed by atoms with Crippen LogP contribution in [0.2, 0.25) is 5.02 Å². The van der Waals surface area contributed by atoms with Crippen LogP contribution < -0.4 is 15.4 Å². The topological polar surface area (TPSA) is 58.1 Å². The maximum atomic E-state index is 12.0. The van der Waals surface area contributed by atoms with E-state index in [4.69, 9.17) is 16.0 Å². The second-order valence-electron chi connectivity index (χ2n) is 7.32. The number of rotatable bonds is 4. The molecule has 0 radical (unpaired) electrons. The van der Waals surface area contributed by atoms with Crippen molar-refractivity contribution in [1.82, 2.24) is 0 Å². The van der Waals surface area contributed by atoms with Crippen LogP contribution in [0.15, 0.2) is 51.7 Å². The zero-order valence-electron chi connectivity index (χ0n) is 15.9. The van der Waals surface area contributed by atoms with Crippen molar-refractivity contribution in [3.05, 3.63) is 69.0 Å². The fourth-order valence-corrected chi connectivity index (χ4v) is 4.12. The molecule has 0 saturated carbocycles. The summed E-state index contributed by atoms with van der Waals surface area (Å²) >= 11 is 6.12. The van der Waals surface area contributed by atoms with E-state index in [1.807, 2.05) is 31.2 Å². The summed E-state index contributed by atoms with van der Waals surface area (Å²) in [6, 6.07) is 13.1. The molecule has 146 valence electrons. The fourth-order valence-electron chi connectivity index (χ4n) is 3.94. The summed E-state index contributed by atoms with van der Waals surface area (Å²) in [7, 11) is 0. The second kappa shape index (κ2) is 7.86. The van der Waals surface area contributed by atoms with Gasteiger partial charge in [0.05, 0.1) is 26.2 Å². The number of phenolic OH excluding ortho intramolecular Hbond substituents is 1. The van der Waals surface area contributed by atoms with Crippen LogP contribution in [0.5, 0.6) is 5.75 Å². The van der Waals surface area contributed by atoms with Gasteiger partial charge >= 0.3 is 5.63 Å². The monoisotopic (exact) mass is 399 g/mol. The van der Waals surface area contributed by atoms with E-state index in [-0.39, 0.29) is 11.4 Å². The van der Waals surface area contributed by atoms with Gasteiger partial charge in [-0.15, -0.1) is 0 Å². The van der Waals surface area contributed by atoms with Crippen molar-refractivity contribution in [2.45, 2.75) is 19.9 Å². The molecular formula is C22H24ClN2O3+. The Bertz CT molecular complexity index is 1060. The van der Waals surface area contributed by atoms with Gasteiger partial charge in [-0.2, -0.15) is 0 Å². The number of nitrogens with zero attached hydrogens (tertiary/aromatic N) is 1. The molecule has 2 aromatic carbocycles. The minimum atomic E-state index is -0.372. The zero-order valence-corrected chi connectivity index (χ0v) is 16.6. The van der Waals surface area contributed by atoms with Crippen LogP contribution in [0.25, 0.3) is 11.0 Å². The molecule has 1 fully saturated rings. The molecule has 28 heavy (non-hydrogen) atoms. The van der Waals surface area contributed by atoms with Gasteiger partial charge in [0.15, 0.2) is 0 Å². The lowest BCUT2D eigenvalue weighted by molar-refractivity contribution is -0.914. The maximum Gasteiger partial charge on any atom is 0.336 e. The number of nitrogens with one attached hydrogen (secondary N) is 1. The number of quaternary nitrogens is 1. The van der Waals surface area contributed by atoms with Crippen molar-refractivity contribution < 1.29 is 14.4 Å². The van der Waals surface area contributed by atoms with E-state index in [2.05, 4.69) is 11.0 Å². The number of anilines is 1. The molecule has 1 aliphatic heterocycles. The minimum absolute atomic E-state index is 0.179. The van der Waals surface area contributed by atoms with Gasteiger partial charge in [-0.05, 0) is 36.2 Å². The smallest absolute Gasteiger partial charge is 0.336 e. The van der Waals surface area contributed by atoms with Gasteiger partial charge in [0.1, 0.15) is 17.9 Å². The first kappa shape index (κ1) is 18.8. The Morgan fingerprint density at radius 3 is 2.64 bits per heavy atom. The highest BCUT2D eigenvalue weighted by atomic mass is 35.5. The van der Waals surface area contributed by atoms with Gasteiger partial charge < -0.3 is 19.3 Å². The van der Waals surface area contributed by atoms with E-state index in [9.17, 15) is 9.90 Å². The van der Waals surface area contributed by atoms with Crippen LogP contribution >= 0.6 is 11.6 Å². The Labute approximate surface area is 168 Å².